The Labute approximate surface area is 142 Å². The average Bonchev–Trinajstić information content (AvgIpc) is 3.23. The molecule has 2 nitrogen and oxygen atoms in total. The monoisotopic (exact) mass is 325 g/mol. The van der Waals surface area contributed by atoms with Crippen molar-refractivity contribution in [3.63, 3.8) is 0 Å². The molecular weight excluding hydrogens is 302 g/mol. The Hall–Kier alpha value is -1.74. The van der Waals surface area contributed by atoms with Gasteiger partial charge in [-0.3, -0.25) is 0 Å². The van der Waals surface area contributed by atoms with Gasteiger partial charge < -0.3 is 10.1 Å². The molecule has 120 valence electrons. The van der Waals surface area contributed by atoms with Crippen LogP contribution in [-0.4, -0.2) is 6.61 Å². The molecule has 1 N–H and O–H groups in total. The van der Waals surface area contributed by atoms with Crippen molar-refractivity contribution in [3.8, 4) is 5.75 Å². The highest BCUT2D eigenvalue weighted by Crippen LogP contribution is 2.52. The van der Waals surface area contributed by atoms with E-state index in [0.717, 1.165) is 18.8 Å². The van der Waals surface area contributed by atoms with Gasteiger partial charge in [0.1, 0.15) is 5.75 Å². The minimum atomic E-state index is 0.381. The van der Waals surface area contributed by atoms with E-state index in [1.54, 1.807) is 0 Å². The number of benzene rings is 1. The maximum absolute atomic E-state index is 6.10. The van der Waals surface area contributed by atoms with Crippen LogP contribution in [0.25, 0.3) is 0 Å². The molecule has 0 saturated heterocycles. The third-order valence-corrected chi connectivity index (χ3v) is 5.74. The van der Waals surface area contributed by atoms with Crippen molar-refractivity contribution in [3.05, 3.63) is 58.3 Å². The maximum atomic E-state index is 6.10. The van der Waals surface area contributed by atoms with E-state index in [0.29, 0.717) is 23.8 Å². The molecule has 0 amide bonds. The molecule has 0 spiro atoms. The van der Waals surface area contributed by atoms with Crippen LogP contribution in [0.15, 0.2) is 47.9 Å². The number of fused-ring (bicyclic) bond motifs is 3. The molecule has 3 unspecified atom stereocenters. The van der Waals surface area contributed by atoms with E-state index in [2.05, 4.69) is 67.0 Å². The lowest BCUT2D eigenvalue weighted by Gasteiger charge is -2.37. The maximum Gasteiger partial charge on any atom is 0.142 e. The van der Waals surface area contributed by atoms with Crippen LogP contribution in [-0.2, 0) is 0 Å². The van der Waals surface area contributed by atoms with E-state index in [4.69, 9.17) is 4.74 Å². The second-order valence-corrected chi connectivity index (χ2v) is 7.90. The largest absolute Gasteiger partial charge is 0.491 e. The molecule has 1 aliphatic heterocycles. The van der Waals surface area contributed by atoms with Gasteiger partial charge in [-0.2, -0.15) is 0 Å². The molecule has 1 aromatic heterocycles. The van der Waals surface area contributed by atoms with Gasteiger partial charge in [0.2, 0.25) is 0 Å². The second-order valence-electron chi connectivity index (χ2n) is 6.92. The Morgan fingerprint density at radius 1 is 1.26 bits per heavy atom. The van der Waals surface area contributed by atoms with Crippen LogP contribution >= 0.6 is 11.3 Å². The second kappa shape index (κ2) is 6.04. The fraction of sp³-hybridized carbons (Fsp3) is 0.400. The molecule has 4 rings (SSSR count). The van der Waals surface area contributed by atoms with Gasteiger partial charge in [0.05, 0.1) is 18.3 Å². The number of nitrogens with one attached hydrogen (secondary N) is 1. The van der Waals surface area contributed by atoms with Crippen molar-refractivity contribution in [2.24, 2.45) is 11.8 Å². The highest BCUT2D eigenvalue weighted by atomic mass is 32.1. The van der Waals surface area contributed by atoms with Gasteiger partial charge in [-0.1, -0.05) is 44.2 Å². The van der Waals surface area contributed by atoms with Gasteiger partial charge in [0.25, 0.3) is 0 Å². The summed E-state index contributed by atoms with van der Waals surface area (Å²) in [5.74, 6) is 2.64. The minimum absolute atomic E-state index is 0.381. The molecule has 0 fully saturated rings. The van der Waals surface area contributed by atoms with E-state index >= 15 is 0 Å². The zero-order chi connectivity index (χ0) is 15.8. The topological polar surface area (TPSA) is 21.3 Å². The molecule has 2 heterocycles. The standard InChI is InChI=1S/C20H23NOS/c1-13(2)12-22-17-9-4-8-15-14-6-3-7-16(14)20(21-19(15)17)18-10-5-11-23-18/h3-6,8-11,13-14,16,20-21H,7,12H2,1-2H3. The van der Waals surface area contributed by atoms with Crippen LogP contribution in [0.5, 0.6) is 5.75 Å². The van der Waals surface area contributed by atoms with Crippen molar-refractivity contribution in [1.82, 2.24) is 0 Å². The Kier molecular flexibility index (Phi) is 3.90. The smallest absolute Gasteiger partial charge is 0.142 e. The van der Waals surface area contributed by atoms with Crippen molar-refractivity contribution in [2.45, 2.75) is 32.2 Å². The van der Waals surface area contributed by atoms with E-state index in [9.17, 15) is 0 Å². The number of rotatable bonds is 4. The molecule has 2 aliphatic rings. The first-order valence-electron chi connectivity index (χ1n) is 8.46. The molecule has 0 bridgehead atoms. The fourth-order valence-electron chi connectivity index (χ4n) is 3.72. The summed E-state index contributed by atoms with van der Waals surface area (Å²) in [6.45, 7) is 5.13. The van der Waals surface area contributed by atoms with Crippen LogP contribution in [0, 0.1) is 11.8 Å². The summed E-state index contributed by atoms with van der Waals surface area (Å²) in [5, 5.41) is 5.98. The Bertz CT molecular complexity index is 704. The molecular formula is C20H23NOS. The predicted molar refractivity (Wildman–Crippen MR) is 97.4 cm³/mol. The zero-order valence-electron chi connectivity index (χ0n) is 13.7. The molecule has 2 aromatic rings. The predicted octanol–water partition coefficient (Wildman–Crippen LogP) is 5.61. The number of ether oxygens (including phenoxy) is 1. The number of thiophene rings is 1. The van der Waals surface area contributed by atoms with Crippen molar-refractivity contribution in [2.75, 3.05) is 11.9 Å². The van der Waals surface area contributed by atoms with Gasteiger partial charge in [0.15, 0.2) is 0 Å². The number of hydrogen-bond acceptors (Lipinski definition) is 3. The van der Waals surface area contributed by atoms with Gasteiger partial charge in [-0.25, -0.2) is 0 Å². The summed E-state index contributed by atoms with van der Waals surface area (Å²) in [7, 11) is 0. The molecule has 3 atom stereocenters. The molecule has 1 aromatic carbocycles. The summed E-state index contributed by atoms with van der Waals surface area (Å²) in [4.78, 5) is 1.42. The molecule has 23 heavy (non-hydrogen) atoms. The van der Waals surface area contributed by atoms with E-state index in [1.807, 2.05) is 11.3 Å². The van der Waals surface area contributed by atoms with Gasteiger partial charge in [-0.05, 0) is 41.3 Å². The molecule has 1 aliphatic carbocycles. The summed E-state index contributed by atoms with van der Waals surface area (Å²) < 4.78 is 6.10. The number of allylic oxidation sites excluding steroid dienone is 2. The summed E-state index contributed by atoms with van der Waals surface area (Å²) in [5.41, 5.74) is 2.58. The summed E-state index contributed by atoms with van der Waals surface area (Å²) in [6.07, 6.45) is 5.88. The Balaban J connectivity index is 1.73. The molecule has 0 radical (unpaired) electrons. The lowest BCUT2D eigenvalue weighted by atomic mass is 9.78. The van der Waals surface area contributed by atoms with Crippen LogP contribution in [0.3, 0.4) is 0 Å². The Morgan fingerprint density at radius 2 is 2.17 bits per heavy atom. The molecule has 3 heteroatoms. The SMILES string of the molecule is CC(C)COc1cccc2c1NC(c1cccs1)C1CC=CC21. The minimum Gasteiger partial charge on any atom is -0.491 e. The third kappa shape index (κ3) is 2.67. The first kappa shape index (κ1) is 14.8. The quantitative estimate of drug-likeness (QED) is 0.738. The Morgan fingerprint density at radius 3 is 2.96 bits per heavy atom. The van der Waals surface area contributed by atoms with E-state index in [-0.39, 0.29) is 0 Å². The lowest BCUT2D eigenvalue weighted by Crippen LogP contribution is -2.29. The van der Waals surface area contributed by atoms with Crippen LogP contribution < -0.4 is 10.1 Å². The normalized spacial score (nSPS) is 25.1. The zero-order valence-corrected chi connectivity index (χ0v) is 14.5. The van der Waals surface area contributed by atoms with Crippen LogP contribution in [0.4, 0.5) is 5.69 Å². The van der Waals surface area contributed by atoms with Gasteiger partial charge in [0, 0.05) is 10.8 Å². The lowest BCUT2D eigenvalue weighted by molar-refractivity contribution is 0.270. The van der Waals surface area contributed by atoms with Crippen molar-refractivity contribution < 1.29 is 4.74 Å². The first-order valence-corrected chi connectivity index (χ1v) is 9.34. The molecule has 0 saturated carbocycles. The van der Waals surface area contributed by atoms with E-state index in [1.165, 1.54) is 16.1 Å². The van der Waals surface area contributed by atoms with Crippen LogP contribution in [0.2, 0.25) is 0 Å². The van der Waals surface area contributed by atoms with Gasteiger partial charge >= 0.3 is 0 Å². The van der Waals surface area contributed by atoms with Crippen molar-refractivity contribution in [1.29, 1.82) is 0 Å². The van der Waals surface area contributed by atoms with Crippen molar-refractivity contribution >= 4 is 17.0 Å². The first-order chi connectivity index (χ1) is 11.2. The highest BCUT2D eigenvalue weighted by Gasteiger charge is 2.39. The number of para-hydroxylation sites is 1. The average molecular weight is 325 g/mol. The van der Waals surface area contributed by atoms with Crippen LogP contribution in [0.1, 0.15) is 42.7 Å². The van der Waals surface area contributed by atoms with E-state index < -0.39 is 0 Å². The third-order valence-electron chi connectivity index (χ3n) is 4.78. The summed E-state index contributed by atoms with van der Waals surface area (Å²) in [6, 6.07) is 11.3. The fourth-order valence-corrected chi connectivity index (χ4v) is 4.57. The number of anilines is 1. The van der Waals surface area contributed by atoms with Gasteiger partial charge in [-0.15, -0.1) is 11.3 Å². The number of hydrogen-bond donors (Lipinski definition) is 1. The highest BCUT2D eigenvalue weighted by molar-refractivity contribution is 7.10. The summed E-state index contributed by atoms with van der Waals surface area (Å²) >= 11 is 1.85.